The van der Waals surface area contributed by atoms with Crippen LogP contribution in [0.1, 0.15) is 15.9 Å². The number of benzene rings is 2. The molecule has 0 heterocycles. The number of carbonyl (C=O) groups is 1. The van der Waals surface area contributed by atoms with Gasteiger partial charge in [-0.1, -0.05) is 41.4 Å². The van der Waals surface area contributed by atoms with Crippen LogP contribution in [-0.4, -0.2) is 11.0 Å². The molecular weight excluding hydrogens is 315 g/mol. The lowest BCUT2D eigenvalue weighted by molar-refractivity contribution is 0.102. The molecule has 0 aliphatic carbocycles. The normalized spacial score (nSPS) is 10.4. The van der Waals surface area contributed by atoms with Crippen LogP contribution in [0.5, 0.6) is 5.75 Å². The number of halogens is 2. The second kappa shape index (κ2) is 6.78. The van der Waals surface area contributed by atoms with E-state index in [-0.39, 0.29) is 28.0 Å². The number of rotatable bonds is 4. The molecule has 0 radical (unpaired) electrons. The monoisotopic (exact) mass is 326 g/mol. The quantitative estimate of drug-likeness (QED) is 0.752. The molecule has 0 saturated heterocycles. The molecule has 0 aliphatic heterocycles. The summed E-state index contributed by atoms with van der Waals surface area (Å²) < 4.78 is 0. The Balaban J connectivity index is 2.31. The van der Waals surface area contributed by atoms with E-state index in [1.807, 2.05) is 0 Å². The minimum absolute atomic E-state index is 0.00577. The number of phenols is 1. The number of carbonyl (C=O) groups excluding carboxylic acids is 1. The first-order chi connectivity index (χ1) is 10.0. The maximum Gasteiger partial charge on any atom is 0.259 e. The van der Waals surface area contributed by atoms with E-state index in [1.54, 1.807) is 24.3 Å². The van der Waals surface area contributed by atoms with Crippen molar-refractivity contribution in [2.24, 2.45) is 5.90 Å². The maximum absolute atomic E-state index is 12.2. The summed E-state index contributed by atoms with van der Waals surface area (Å²) in [5.74, 6) is 4.18. The first-order valence-electron chi connectivity index (χ1n) is 5.92. The van der Waals surface area contributed by atoms with Crippen LogP contribution in [0.3, 0.4) is 0 Å². The Hall–Kier alpha value is -1.79. The lowest BCUT2D eigenvalue weighted by Gasteiger charge is -2.11. The van der Waals surface area contributed by atoms with Crippen molar-refractivity contribution in [3.8, 4) is 5.75 Å². The van der Waals surface area contributed by atoms with Crippen LogP contribution in [0.2, 0.25) is 10.0 Å². The molecule has 1 amide bonds. The van der Waals surface area contributed by atoms with Crippen molar-refractivity contribution in [3.63, 3.8) is 0 Å². The Bertz CT molecular complexity index is 677. The number of para-hydroxylation sites is 1. The largest absolute Gasteiger partial charge is 0.506 e. The predicted molar refractivity (Wildman–Crippen MR) is 81.5 cm³/mol. The highest BCUT2D eigenvalue weighted by atomic mass is 35.5. The molecule has 0 bridgehead atoms. The summed E-state index contributed by atoms with van der Waals surface area (Å²) in [5.41, 5.74) is 1.19. The third-order valence-corrected chi connectivity index (χ3v) is 3.28. The summed E-state index contributed by atoms with van der Waals surface area (Å²) in [5, 5.41) is 12.8. The van der Waals surface area contributed by atoms with Gasteiger partial charge in [0.25, 0.3) is 5.91 Å². The lowest BCUT2D eigenvalue weighted by Crippen LogP contribution is -2.14. The van der Waals surface area contributed by atoms with Crippen LogP contribution in [0.4, 0.5) is 5.69 Å². The second-order valence-electron chi connectivity index (χ2n) is 4.21. The molecule has 0 aromatic heterocycles. The number of nitrogens with two attached hydrogens (primary N) is 1. The first kappa shape index (κ1) is 15.6. The van der Waals surface area contributed by atoms with Crippen LogP contribution < -0.4 is 11.2 Å². The molecule has 0 spiro atoms. The maximum atomic E-state index is 12.2. The fourth-order valence-corrected chi connectivity index (χ4v) is 2.28. The summed E-state index contributed by atoms with van der Waals surface area (Å²) in [4.78, 5) is 16.8. The van der Waals surface area contributed by atoms with Gasteiger partial charge in [0.2, 0.25) is 0 Å². The molecular formula is C14H12Cl2N2O3. The van der Waals surface area contributed by atoms with E-state index in [0.29, 0.717) is 11.3 Å². The van der Waals surface area contributed by atoms with Crippen molar-refractivity contribution in [1.29, 1.82) is 0 Å². The van der Waals surface area contributed by atoms with E-state index in [2.05, 4.69) is 10.2 Å². The Morgan fingerprint density at radius 1 is 1.29 bits per heavy atom. The van der Waals surface area contributed by atoms with Crippen LogP contribution >= 0.6 is 23.2 Å². The zero-order valence-electron chi connectivity index (χ0n) is 10.8. The molecule has 0 aliphatic rings. The van der Waals surface area contributed by atoms with Gasteiger partial charge in [0.05, 0.1) is 17.2 Å². The van der Waals surface area contributed by atoms with Crippen molar-refractivity contribution in [2.75, 3.05) is 5.32 Å². The number of nitrogens with one attached hydrogen (secondary N) is 1. The number of amides is 1. The fraction of sp³-hybridized carbons (Fsp3) is 0.0714. The zero-order valence-corrected chi connectivity index (χ0v) is 12.3. The molecule has 0 unspecified atom stereocenters. The fourth-order valence-electron chi connectivity index (χ4n) is 1.79. The molecule has 21 heavy (non-hydrogen) atoms. The number of phenolic OH excluding ortho intramolecular Hbond substituents is 1. The van der Waals surface area contributed by atoms with Crippen molar-refractivity contribution < 1.29 is 14.7 Å². The van der Waals surface area contributed by atoms with Crippen molar-refractivity contribution in [1.82, 2.24) is 0 Å². The molecule has 0 saturated carbocycles. The third-order valence-electron chi connectivity index (χ3n) is 2.78. The smallest absolute Gasteiger partial charge is 0.259 e. The van der Waals surface area contributed by atoms with Crippen LogP contribution in [0, 0.1) is 0 Å². The summed E-state index contributed by atoms with van der Waals surface area (Å²) in [6.07, 6.45) is 0. The zero-order chi connectivity index (χ0) is 15.4. The molecule has 0 fully saturated rings. The van der Waals surface area contributed by atoms with Crippen LogP contribution in [-0.2, 0) is 11.4 Å². The molecule has 7 heteroatoms. The van der Waals surface area contributed by atoms with E-state index in [1.165, 1.54) is 12.1 Å². The number of anilines is 1. The topological polar surface area (TPSA) is 84.6 Å². The molecule has 2 aromatic carbocycles. The van der Waals surface area contributed by atoms with E-state index in [0.717, 1.165) is 0 Å². The van der Waals surface area contributed by atoms with Crippen molar-refractivity contribution >= 4 is 34.8 Å². The van der Waals surface area contributed by atoms with Gasteiger partial charge in [0, 0.05) is 16.3 Å². The summed E-state index contributed by atoms with van der Waals surface area (Å²) in [7, 11) is 0. The minimum Gasteiger partial charge on any atom is -0.506 e. The van der Waals surface area contributed by atoms with Gasteiger partial charge in [-0.2, -0.15) is 0 Å². The van der Waals surface area contributed by atoms with Crippen LogP contribution in [0.25, 0.3) is 0 Å². The van der Waals surface area contributed by atoms with Gasteiger partial charge >= 0.3 is 0 Å². The van der Waals surface area contributed by atoms with E-state index < -0.39 is 5.91 Å². The van der Waals surface area contributed by atoms with Gasteiger partial charge in [-0.25, -0.2) is 5.90 Å². The Morgan fingerprint density at radius 2 is 2.00 bits per heavy atom. The lowest BCUT2D eigenvalue weighted by atomic mass is 10.1. The predicted octanol–water partition coefficient (Wildman–Crippen LogP) is 3.34. The van der Waals surface area contributed by atoms with Crippen molar-refractivity contribution in [3.05, 3.63) is 57.6 Å². The Labute approximate surface area is 131 Å². The standard InChI is InChI=1S/C14H12Cl2N2O3/c15-9-5-10(13(19)11(16)6-9)14(20)18-12-4-2-1-3-8(12)7-21-17/h1-6,19H,7,17H2,(H,18,20). The summed E-state index contributed by atoms with van der Waals surface area (Å²) in [6, 6.07) is 9.67. The highest BCUT2D eigenvalue weighted by molar-refractivity contribution is 6.36. The summed E-state index contributed by atoms with van der Waals surface area (Å²) >= 11 is 11.6. The van der Waals surface area contributed by atoms with Gasteiger partial charge < -0.3 is 10.4 Å². The van der Waals surface area contributed by atoms with Gasteiger partial charge in [0.15, 0.2) is 0 Å². The average molecular weight is 327 g/mol. The Kier molecular flexibility index (Phi) is 5.03. The third kappa shape index (κ3) is 3.65. The molecule has 4 N–H and O–H groups in total. The molecule has 2 aromatic rings. The molecule has 0 atom stereocenters. The van der Waals surface area contributed by atoms with Gasteiger partial charge in [-0.3, -0.25) is 9.63 Å². The first-order valence-corrected chi connectivity index (χ1v) is 6.67. The van der Waals surface area contributed by atoms with Crippen molar-refractivity contribution in [2.45, 2.75) is 6.61 Å². The van der Waals surface area contributed by atoms with E-state index in [9.17, 15) is 9.90 Å². The molecule has 2 rings (SSSR count). The molecule has 5 nitrogen and oxygen atoms in total. The highest BCUT2D eigenvalue weighted by Crippen LogP contribution is 2.31. The highest BCUT2D eigenvalue weighted by Gasteiger charge is 2.16. The van der Waals surface area contributed by atoms with Gasteiger partial charge in [-0.05, 0) is 18.2 Å². The van der Waals surface area contributed by atoms with Crippen LogP contribution in [0.15, 0.2) is 36.4 Å². The van der Waals surface area contributed by atoms with E-state index in [4.69, 9.17) is 29.1 Å². The average Bonchev–Trinajstić information content (AvgIpc) is 2.45. The summed E-state index contributed by atoms with van der Waals surface area (Å²) in [6.45, 7) is 0.138. The second-order valence-corrected chi connectivity index (χ2v) is 5.05. The van der Waals surface area contributed by atoms with Gasteiger partial charge in [0.1, 0.15) is 5.75 Å². The van der Waals surface area contributed by atoms with E-state index >= 15 is 0 Å². The number of aromatic hydroxyl groups is 1. The number of hydrogen-bond acceptors (Lipinski definition) is 4. The molecule has 110 valence electrons. The number of hydrogen-bond donors (Lipinski definition) is 3. The SMILES string of the molecule is NOCc1ccccc1NC(=O)c1cc(Cl)cc(Cl)c1O. The minimum atomic E-state index is -0.540. The van der Waals surface area contributed by atoms with Gasteiger partial charge in [-0.15, -0.1) is 0 Å². The Morgan fingerprint density at radius 3 is 2.71 bits per heavy atom.